The number of carbonyl (C=O) groups excluding carboxylic acids is 1. The molecule has 0 fully saturated rings. The molecule has 0 saturated heterocycles. The molecular formula is C43H79NO3. The van der Waals surface area contributed by atoms with Gasteiger partial charge in [-0.2, -0.15) is 0 Å². The summed E-state index contributed by atoms with van der Waals surface area (Å²) in [7, 11) is 0. The van der Waals surface area contributed by atoms with E-state index in [1.165, 1.54) is 141 Å². The number of hydrogen-bond donors (Lipinski definition) is 3. The number of nitrogens with one attached hydrogen (secondary N) is 1. The Morgan fingerprint density at radius 2 is 0.851 bits per heavy atom. The van der Waals surface area contributed by atoms with Gasteiger partial charge in [0.15, 0.2) is 0 Å². The second-order valence-corrected chi connectivity index (χ2v) is 13.7. The van der Waals surface area contributed by atoms with Gasteiger partial charge in [0.05, 0.1) is 18.8 Å². The Bertz CT molecular complexity index is 756. The van der Waals surface area contributed by atoms with Gasteiger partial charge in [0.2, 0.25) is 5.91 Å². The Morgan fingerprint density at radius 3 is 1.30 bits per heavy atom. The van der Waals surface area contributed by atoms with Crippen LogP contribution in [0.1, 0.15) is 200 Å². The van der Waals surface area contributed by atoms with Crippen LogP contribution in [0, 0.1) is 0 Å². The van der Waals surface area contributed by atoms with Crippen LogP contribution < -0.4 is 5.32 Å². The van der Waals surface area contributed by atoms with E-state index < -0.39 is 12.1 Å². The van der Waals surface area contributed by atoms with Crippen LogP contribution in [0.5, 0.6) is 0 Å². The molecule has 0 spiro atoms. The molecule has 0 aliphatic heterocycles. The predicted octanol–water partition coefficient (Wildman–Crippen LogP) is 12.4. The summed E-state index contributed by atoms with van der Waals surface area (Å²) in [5, 5.41) is 22.9. The Hall–Kier alpha value is -1.65. The molecule has 2 unspecified atom stereocenters. The molecule has 3 N–H and O–H groups in total. The van der Waals surface area contributed by atoms with Gasteiger partial charge < -0.3 is 15.5 Å². The molecule has 274 valence electrons. The molecule has 0 aromatic heterocycles. The molecule has 1 amide bonds. The number of amides is 1. The van der Waals surface area contributed by atoms with Gasteiger partial charge in [0, 0.05) is 6.42 Å². The first kappa shape index (κ1) is 45.3. The predicted molar refractivity (Wildman–Crippen MR) is 207 cm³/mol. The van der Waals surface area contributed by atoms with Crippen LogP contribution in [-0.4, -0.2) is 34.9 Å². The fourth-order valence-electron chi connectivity index (χ4n) is 5.84. The highest BCUT2D eigenvalue weighted by Gasteiger charge is 2.17. The van der Waals surface area contributed by atoms with Gasteiger partial charge in [-0.05, 0) is 64.2 Å². The lowest BCUT2D eigenvalue weighted by Crippen LogP contribution is -2.45. The summed E-state index contributed by atoms with van der Waals surface area (Å²) in [5.74, 6) is -0.0813. The smallest absolute Gasteiger partial charge is 0.220 e. The highest BCUT2D eigenvalue weighted by molar-refractivity contribution is 5.76. The summed E-state index contributed by atoms with van der Waals surface area (Å²) in [5.41, 5.74) is 0. The lowest BCUT2D eigenvalue weighted by molar-refractivity contribution is -0.123. The Morgan fingerprint density at radius 1 is 0.489 bits per heavy atom. The highest BCUT2D eigenvalue weighted by atomic mass is 16.3. The number of aliphatic hydroxyl groups is 2. The van der Waals surface area contributed by atoms with Crippen LogP contribution in [0.2, 0.25) is 0 Å². The van der Waals surface area contributed by atoms with E-state index in [9.17, 15) is 15.0 Å². The zero-order valence-electron chi connectivity index (χ0n) is 31.3. The van der Waals surface area contributed by atoms with Gasteiger partial charge in [0.25, 0.3) is 0 Å². The number of allylic oxidation sites excluding steroid dienone is 7. The summed E-state index contributed by atoms with van der Waals surface area (Å²) in [6.07, 6.45) is 52.1. The van der Waals surface area contributed by atoms with Crippen LogP contribution in [0.15, 0.2) is 48.6 Å². The van der Waals surface area contributed by atoms with Crippen LogP contribution in [0.25, 0.3) is 0 Å². The molecule has 0 aliphatic rings. The molecule has 4 heteroatoms. The minimum atomic E-state index is -0.868. The van der Waals surface area contributed by atoms with Gasteiger partial charge in [-0.25, -0.2) is 0 Å². The molecular weight excluding hydrogens is 578 g/mol. The molecule has 0 rings (SSSR count). The summed E-state index contributed by atoms with van der Waals surface area (Å²) in [6.45, 7) is 4.24. The third-order valence-corrected chi connectivity index (χ3v) is 9.01. The molecule has 0 aromatic carbocycles. The molecule has 47 heavy (non-hydrogen) atoms. The van der Waals surface area contributed by atoms with Crippen molar-refractivity contribution in [1.82, 2.24) is 5.32 Å². The molecule has 0 aliphatic carbocycles. The first-order chi connectivity index (χ1) is 23.2. The van der Waals surface area contributed by atoms with Crippen molar-refractivity contribution in [3.05, 3.63) is 48.6 Å². The number of hydrogen-bond acceptors (Lipinski definition) is 3. The van der Waals surface area contributed by atoms with Crippen molar-refractivity contribution >= 4 is 5.91 Å². The van der Waals surface area contributed by atoms with Crippen molar-refractivity contribution in [2.24, 2.45) is 0 Å². The largest absolute Gasteiger partial charge is 0.394 e. The standard InChI is InChI=1S/C43H79NO3/c1-3-5-7-9-11-13-15-17-18-19-20-21-22-23-24-25-26-27-29-31-33-35-37-39-43(47)44-41(40-45)42(46)38-36-34-32-30-28-16-14-12-10-8-6-4-2/h10,12,19-20,28,30,36,38,41-42,45-46H,3-9,11,13-18,21-27,29,31-35,37,39-40H2,1-2H3,(H,44,47)/b12-10+,20-19-,30-28+,38-36+. The summed E-state index contributed by atoms with van der Waals surface area (Å²) in [4.78, 5) is 12.3. The van der Waals surface area contributed by atoms with Crippen molar-refractivity contribution in [1.29, 1.82) is 0 Å². The Balaban J connectivity index is 3.58. The minimum Gasteiger partial charge on any atom is -0.394 e. The van der Waals surface area contributed by atoms with Gasteiger partial charge in [-0.15, -0.1) is 0 Å². The highest BCUT2D eigenvalue weighted by Crippen LogP contribution is 2.14. The van der Waals surface area contributed by atoms with Gasteiger partial charge >= 0.3 is 0 Å². The normalized spacial score (nSPS) is 13.5. The average Bonchev–Trinajstić information content (AvgIpc) is 3.07. The third kappa shape index (κ3) is 35.5. The quantitative estimate of drug-likeness (QED) is 0.0464. The maximum Gasteiger partial charge on any atom is 0.220 e. The molecule has 4 nitrogen and oxygen atoms in total. The monoisotopic (exact) mass is 658 g/mol. The maximum atomic E-state index is 12.3. The number of rotatable bonds is 36. The third-order valence-electron chi connectivity index (χ3n) is 9.01. The van der Waals surface area contributed by atoms with E-state index in [1.807, 2.05) is 6.08 Å². The lowest BCUT2D eigenvalue weighted by Gasteiger charge is -2.19. The lowest BCUT2D eigenvalue weighted by atomic mass is 10.0. The van der Waals surface area contributed by atoms with E-state index >= 15 is 0 Å². The first-order valence-corrected chi connectivity index (χ1v) is 20.4. The fourth-order valence-corrected chi connectivity index (χ4v) is 5.84. The zero-order chi connectivity index (χ0) is 34.3. The van der Waals surface area contributed by atoms with Crippen LogP contribution >= 0.6 is 0 Å². The average molecular weight is 658 g/mol. The van der Waals surface area contributed by atoms with E-state index in [1.54, 1.807) is 6.08 Å². The summed E-state index contributed by atoms with van der Waals surface area (Å²) in [6, 6.07) is -0.644. The molecule has 0 heterocycles. The molecule has 0 bridgehead atoms. The van der Waals surface area contributed by atoms with Crippen molar-refractivity contribution in [2.45, 2.75) is 212 Å². The van der Waals surface area contributed by atoms with Gasteiger partial charge in [-0.3, -0.25) is 4.79 Å². The second kappa shape index (κ2) is 38.8. The van der Waals surface area contributed by atoms with E-state index in [2.05, 4.69) is 55.6 Å². The number of unbranched alkanes of at least 4 members (excludes halogenated alkanes) is 23. The summed E-state index contributed by atoms with van der Waals surface area (Å²) >= 11 is 0. The minimum absolute atomic E-state index is 0.0813. The zero-order valence-corrected chi connectivity index (χ0v) is 31.3. The number of aliphatic hydroxyl groups excluding tert-OH is 2. The van der Waals surface area contributed by atoms with Gasteiger partial charge in [-0.1, -0.05) is 178 Å². The van der Waals surface area contributed by atoms with E-state index in [-0.39, 0.29) is 12.5 Å². The van der Waals surface area contributed by atoms with Gasteiger partial charge in [0.1, 0.15) is 0 Å². The second-order valence-electron chi connectivity index (χ2n) is 13.7. The fraction of sp³-hybridized carbons (Fsp3) is 0.791. The van der Waals surface area contributed by atoms with Crippen molar-refractivity contribution < 1.29 is 15.0 Å². The first-order valence-electron chi connectivity index (χ1n) is 20.4. The van der Waals surface area contributed by atoms with Crippen molar-refractivity contribution in [2.75, 3.05) is 6.61 Å². The Labute approximate surface area is 293 Å². The maximum absolute atomic E-state index is 12.3. The van der Waals surface area contributed by atoms with Crippen LogP contribution in [0.3, 0.4) is 0 Å². The summed E-state index contributed by atoms with van der Waals surface area (Å²) < 4.78 is 0. The van der Waals surface area contributed by atoms with Crippen molar-refractivity contribution in [3.63, 3.8) is 0 Å². The van der Waals surface area contributed by atoms with E-state index in [0.29, 0.717) is 6.42 Å². The Kier molecular flexibility index (Phi) is 37.4. The topological polar surface area (TPSA) is 69.6 Å². The van der Waals surface area contributed by atoms with Crippen LogP contribution in [-0.2, 0) is 4.79 Å². The molecule has 0 radical (unpaired) electrons. The van der Waals surface area contributed by atoms with Crippen molar-refractivity contribution in [3.8, 4) is 0 Å². The van der Waals surface area contributed by atoms with E-state index in [4.69, 9.17) is 0 Å². The molecule has 0 saturated carbocycles. The molecule has 0 aromatic rings. The van der Waals surface area contributed by atoms with E-state index in [0.717, 1.165) is 38.5 Å². The number of carbonyl (C=O) groups is 1. The van der Waals surface area contributed by atoms with Crippen LogP contribution in [0.4, 0.5) is 0 Å². The molecule has 2 atom stereocenters. The SMILES string of the molecule is CCCC/C=C/CC/C=C/CC/C=C/C(O)C(CO)NC(=O)CCCCCCCCCCCCC/C=C\CCCCCCCCCC.